The molecule has 0 fully saturated rings. The molecule has 1 aromatic carbocycles. The molecule has 2 rings (SSSR count). The maximum absolute atomic E-state index is 9.46. The third-order valence-corrected chi connectivity index (χ3v) is 2.30. The molecular weight excluding hydrogens is 222 g/mol. The van der Waals surface area contributed by atoms with E-state index in [-0.39, 0.29) is 6.61 Å². The molecule has 0 aliphatic rings. The molecule has 0 radical (unpaired) electrons. The summed E-state index contributed by atoms with van der Waals surface area (Å²) in [6.45, 7) is 0.565. The van der Waals surface area contributed by atoms with Crippen LogP contribution in [0, 0.1) is 0 Å². The number of nitrogen functional groups attached to an aromatic ring is 1. The van der Waals surface area contributed by atoms with Gasteiger partial charge in [-0.15, -0.1) is 0 Å². The van der Waals surface area contributed by atoms with Gasteiger partial charge in [-0.25, -0.2) is 0 Å². The molecule has 0 aliphatic heterocycles. The smallest absolute Gasteiger partial charge is 0.295 e. The number of aliphatic hydroxyl groups is 1. The lowest BCUT2D eigenvalue weighted by Crippen LogP contribution is -2.24. The molecule has 0 saturated heterocycles. The van der Waals surface area contributed by atoms with Crippen molar-refractivity contribution in [3.8, 4) is 0 Å². The summed E-state index contributed by atoms with van der Waals surface area (Å²) in [5, 5.41) is 12.3. The van der Waals surface area contributed by atoms with Gasteiger partial charge in [-0.3, -0.25) is 0 Å². The molecule has 17 heavy (non-hydrogen) atoms. The van der Waals surface area contributed by atoms with E-state index in [9.17, 15) is 5.11 Å². The summed E-state index contributed by atoms with van der Waals surface area (Å²) >= 11 is 0. The molecule has 0 bridgehead atoms. The Hall–Kier alpha value is -1.79. The van der Waals surface area contributed by atoms with E-state index in [1.54, 1.807) is 18.2 Å². The Kier molecular flexibility index (Phi) is 3.46. The molecule has 92 valence electrons. The predicted molar refractivity (Wildman–Crippen MR) is 64.8 cm³/mol. The minimum absolute atomic E-state index is 0.259. The van der Waals surface area contributed by atoms with E-state index in [0.717, 1.165) is 0 Å². The van der Waals surface area contributed by atoms with E-state index in [4.69, 9.17) is 14.9 Å². The summed E-state index contributed by atoms with van der Waals surface area (Å²) in [4.78, 5) is 4.19. The third-order valence-electron chi connectivity index (χ3n) is 2.30. The van der Waals surface area contributed by atoms with Crippen molar-refractivity contribution < 1.29 is 14.3 Å². The maximum atomic E-state index is 9.46. The highest BCUT2D eigenvalue weighted by atomic mass is 16.5. The summed E-state index contributed by atoms with van der Waals surface area (Å²) in [5.41, 5.74) is 7.56. The normalized spacial score (nSPS) is 12.8. The van der Waals surface area contributed by atoms with Crippen LogP contribution < -0.4 is 11.1 Å². The van der Waals surface area contributed by atoms with Gasteiger partial charge in [0, 0.05) is 13.7 Å². The van der Waals surface area contributed by atoms with Gasteiger partial charge in [-0.2, -0.15) is 4.98 Å². The van der Waals surface area contributed by atoms with Crippen molar-refractivity contribution in [3.63, 3.8) is 0 Å². The van der Waals surface area contributed by atoms with E-state index in [1.165, 1.54) is 7.11 Å². The predicted octanol–water partition coefficient (Wildman–Crippen LogP) is 0.829. The zero-order valence-electron chi connectivity index (χ0n) is 9.51. The van der Waals surface area contributed by atoms with E-state index < -0.39 is 6.10 Å². The first-order valence-corrected chi connectivity index (χ1v) is 5.26. The molecule has 0 saturated carbocycles. The first-order valence-electron chi connectivity index (χ1n) is 5.26. The zero-order valence-corrected chi connectivity index (χ0v) is 9.51. The van der Waals surface area contributed by atoms with Crippen molar-refractivity contribution in [2.45, 2.75) is 6.10 Å². The van der Waals surface area contributed by atoms with Gasteiger partial charge in [-0.05, 0) is 12.1 Å². The van der Waals surface area contributed by atoms with Gasteiger partial charge in [0.25, 0.3) is 6.01 Å². The Labute approximate surface area is 98.4 Å². The fourth-order valence-electron chi connectivity index (χ4n) is 1.50. The summed E-state index contributed by atoms with van der Waals surface area (Å²) in [5.74, 6) is 0. The molecule has 1 unspecified atom stereocenters. The molecule has 4 N–H and O–H groups in total. The number of rotatable bonds is 5. The van der Waals surface area contributed by atoms with Crippen LogP contribution in [0.15, 0.2) is 22.6 Å². The second-order valence-electron chi connectivity index (χ2n) is 3.70. The van der Waals surface area contributed by atoms with Crippen LogP contribution in [0.1, 0.15) is 0 Å². The van der Waals surface area contributed by atoms with E-state index >= 15 is 0 Å². The van der Waals surface area contributed by atoms with Crippen molar-refractivity contribution >= 4 is 22.8 Å². The third kappa shape index (κ3) is 2.66. The van der Waals surface area contributed by atoms with Crippen LogP contribution >= 0.6 is 0 Å². The molecule has 0 amide bonds. The SMILES string of the molecule is COCC(O)CNc1nc2c(N)cccc2o1. The van der Waals surface area contributed by atoms with Gasteiger partial charge >= 0.3 is 0 Å². The van der Waals surface area contributed by atoms with Crippen LogP contribution in [0.25, 0.3) is 11.1 Å². The number of para-hydroxylation sites is 1. The van der Waals surface area contributed by atoms with Crippen molar-refractivity contribution in [3.05, 3.63) is 18.2 Å². The molecule has 2 aromatic rings. The number of ether oxygens (including phenoxy) is 1. The number of hydrogen-bond acceptors (Lipinski definition) is 6. The number of methoxy groups -OCH3 is 1. The Bertz CT molecular complexity index is 498. The number of anilines is 2. The highest BCUT2D eigenvalue weighted by Crippen LogP contribution is 2.23. The van der Waals surface area contributed by atoms with Crippen LogP contribution in [-0.2, 0) is 4.74 Å². The highest BCUT2D eigenvalue weighted by Gasteiger charge is 2.09. The van der Waals surface area contributed by atoms with Crippen LogP contribution in [0.2, 0.25) is 0 Å². The quantitative estimate of drug-likeness (QED) is 0.667. The topological polar surface area (TPSA) is 93.5 Å². The number of oxazole rings is 1. The van der Waals surface area contributed by atoms with E-state index in [0.29, 0.717) is 29.3 Å². The second-order valence-corrected chi connectivity index (χ2v) is 3.70. The lowest BCUT2D eigenvalue weighted by Gasteiger charge is -2.08. The Morgan fingerprint density at radius 3 is 3.12 bits per heavy atom. The number of nitrogens with zero attached hydrogens (tertiary/aromatic N) is 1. The number of nitrogens with two attached hydrogens (primary N) is 1. The average molecular weight is 237 g/mol. The molecule has 1 atom stereocenters. The fraction of sp³-hybridized carbons (Fsp3) is 0.364. The lowest BCUT2D eigenvalue weighted by atomic mass is 10.3. The standard InChI is InChI=1S/C11H15N3O3/c1-16-6-7(15)5-13-11-14-10-8(12)3-2-4-9(10)17-11/h2-4,7,15H,5-6,12H2,1H3,(H,13,14). The molecule has 0 spiro atoms. The summed E-state index contributed by atoms with van der Waals surface area (Å²) in [7, 11) is 1.53. The van der Waals surface area contributed by atoms with E-state index in [1.807, 2.05) is 0 Å². The Balaban J connectivity index is 2.07. The molecule has 1 heterocycles. The van der Waals surface area contributed by atoms with Crippen molar-refractivity contribution in [1.29, 1.82) is 0 Å². The summed E-state index contributed by atoms with van der Waals surface area (Å²) in [6, 6.07) is 5.68. The second kappa shape index (κ2) is 5.03. The van der Waals surface area contributed by atoms with Crippen LogP contribution in [0.5, 0.6) is 0 Å². The molecule has 6 heteroatoms. The largest absolute Gasteiger partial charge is 0.423 e. The minimum Gasteiger partial charge on any atom is -0.423 e. The average Bonchev–Trinajstić information content (AvgIpc) is 2.71. The minimum atomic E-state index is -0.604. The maximum Gasteiger partial charge on any atom is 0.295 e. The first kappa shape index (κ1) is 11.7. The molecular formula is C11H15N3O3. The van der Waals surface area contributed by atoms with Crippen LogP contribution in [0.4, 0.5) is 11.7 Å². The Morgan fingerprint density at radius 2 is 2.41 bits per heavy atom. The number of fused-ring (bicyclic) bond motifs is 1. The van der Waals surface area contributed by atoms with Gasteiger partial charge in [0.2, 0.25) is 0 Å². The van der Waals surface area contributed by atoms with Gasteiger partial charge in [-0.1, -0.05) is 6.07 Å². The first-order chi connectivity index (χ1) is 8.20. The molecule has 6 nitrogen and oxygen atoms in total. The monoisotopic (exact) mass is 237 g/mol. The number of benzene rings is 1. The van der Waals surface area contributed by atoms with Gasteiger partial charge < -0.3 is 25.3 Å². The summed E-state index contributed by atoms with van der Waals surface area (Å²) < 4.78 is 10.2. The highest BCUT2D eigenvalue weighted by molar-refractivity contribution is 5.86. The fourth-order valence-corrected chi connectivity index (χ4v) is 1.50. The number of hydrogen-bond donors (Lipinski definition) is 3. The lowest BCUT2D eigenvalue weighted by molar-refractivity contribution is 0.0724. The van der Waals surface area contributed by atoms with Gasteiger partial charge in [0.1, 0.15) is 5.52 Å². The van der Waals surface area contributed by atoms with Gasteiger partial charge in [0.05, 0.1) is 18.4 Å². The molecule has 0 aliphatic carbocycles. The van der Waals surface area contributed by atoms with Crippen molar-refractivity contribution in [2.75, 3.05) is 31.3 Å². The number of aliphatic hydroxyl groups excluding tert-OH is 1. The van der Waals surface area contributed by atoms with Crippen LogP contribution in [0.3, 0.4) is 0 Å². The molecule has 1 aromatic heterocycles. The van der Waals surface area contributed by atoms with E-state index in [2.05, 4.69) is 10.3 Å². The van der Waals surface area contributed by atoms with Crippen molar-refractivity contribution in [2.24, 2.45) is 0 Å². The number of aromatic nitrogens is 1. The Morgan fingerprint density at radius 1 is 1.59 bits per heavy atom. The zero-order chi connectivity index (χ0) is 12.3. The number of nitrogens with one attached hydrogen (secondary N) is 1. The van der Waals surface area contributed by atoms with Crippen LogP contribution in [-0.4, -0.2) is 36.5 Å². The summed E-state index contributed by atoms with van der Waals surface area (Å²) in [6.07, 6.45) is -0.604. The van der Waals surface area contributed by atoms with Crippen molar-refractivity contribution in [1.82, 2.24) is 4.98 Å². The van der Waals surface area contributed by atoms with Gasteiger partial charge in [0.15, 0.2) is 5.58 Å².